The van der Waals surface area contributed by atoms with Gasteiger partial charge in [0.25, 0.3) is 0 Å². The Balaban J connectivity index is 1.72. The Hall–Kier alpha value is -1.55. The van der Waals surface area contributed by atoms with Gasteiger partial charge in [0.05, 0.1) is 12.5 Å². The fourth-order valence-corrected chi connectivity index (χ4v) is 3.49. The lowest BCUT2D eigenvalue weighted by atomic mass is 9.91. The van der Waals surface area contributed by atoms with Crippen molar-refractivity contribution in [3.8, 4) is 5.75 Å². The topological polar surface area (TPSA) is 32.8 Å². The fraction of sp³-hybridized carbons (Fsp3) is 0.611. The highest BCUT2D eigenvalue weighted by molar-refractivity contribution is 5.85. The number of para-hydroxylation sites is 1. The molecule has 0 aliphatic carbocycles. The van der Waals surface area contributed by atoms with Gasteiger partial charge >= 0.3 is 0 Å². The number of hydrogen-bond acceptors (Lipinski definition) is 3. The highest BCUT2D eigenvalue weighted by Crippen LogP contribution is 2.34. The normalized spacial score (nSPS) is 22.9. The van der Waals surface area contributed by atoms with E-state index < -0.39 is 0 Å². The molecule has 0 unspecified atom stereocenters. The third-order valence-corrected chi connectivity index (χ3v) is 4.83. The van der Waals surface area contributed by atoms with Crippen LogP contribution < -0.4 is 4.74 Å². The van der Waals surface area contributed by atoms with Gasteiger partial charge in [-0.2, -0.15) is 0 Å². The van der Waals surface area contributed by atoms with E-state index in [1.165, 1.54) is 0 Å². The molecule has 4 heteroatoms. The van der Waals surface area contributed by atoms with Gasteiger partial charge in [0.1, 0.15) is 5.75 Å². The van der Waals surface area contributed by atoms with Crippen molar-refractivity contribution in [2.24, 2.45) is 0 Å². The minimum atomic E-state index is -0.0319. The van der Waals surface area contributed by atoms with Crippen LogP contribution in [0.3, 0.4) is 0 Å². The summed E-state index contributed by atoms with van der Waals surface area (Å²) in [6.45, 7) is 8.88. The molecular weight excluding hydrogens is 276 g/mol. The van der Waals surface area contributed by atoms with E-state index in [4.69, 9.17) is 4.74 Å². The fourth-order valence-electron chi connectivity index (χ4n) is 3.49. The third-order valence-electron chi connectivity index (χ3n) is 4.83. The molecule has 2 aliphatic rings. The zero-order valence-corrected chi connectivity index (χ0v) is 13.6. The second-order valence-electron chi connectivity index (χ2n) is 6.54. The first kappa shape index (κ1) is 15.3. The first-order valence-corrected chi connectivity index (χ1v) is 8.41. The van der Waals surface area contributed by atoms with Crippen molar-refractivity contribution < 1.29 is 9.53 Å². The second kappa shape index (κ2) is 6.69. The quantitative estimate of drug-likeness (QED) is 0.841. The molecule has 1 aromatic rings. The number of fused-ring (bicyclic) bond motifs is 1. The molecule has 0 saturated carbocycles. The minimum absolute atomic E-state index is 0.0319. The van der Waals surface area contributed by atoms with Crippen LogP contribution in [0, 0.1) is 0 Å². The maximum atomic E-state index is 13.0. The van der Waals surface area contributed by atoms with Gasteiger partial charge in [-0.1, -0.05) is 18.2 Å². The van der Waals surface area contributed by atoms with E-state index in [9.17, 15) is 4.79 Å². The van der Waals surface area contributed by atoms with Gasteiger partial charge in [0.2, 0.25) is 5.91 Å². The molecule has 1 aromatic carbocycles. The largest absolute Gasteiger partial charge is 0.493 e. The number of benzene rings is 1. The summed E-state index contributed by atoms with van der Waals surface area (Å²) in [5, 5.41) is 0. The van der Waals surface area contributed by atoms with E-state index in [2.05, 4.69) is 23.6 Å². The van der Waals surface area contributed by atoms with Gasteiger partial charge in [0.15, 0.2) is 0 Å². The van der Waals surface area contributed by atoms with Crippen molar-refractivity contribution in [3.05, 3.63) is 29.8 Å². The van der Waals surface area contributed by atoms with Crippen molar-refractivity contribution in [2.75, 3.05) is 32.8 Å². The van der Waals surface area contributed by atoms with Gasteiger partial charge in [-0.05, 0) is 32.8 Å². The molecule has 2 aliphatic heterocycles. The van der Waals surface area contributed by atoms with Crippen molar-refractivity contribution >= 4 is 5.91 Å². The summed E-state index contributed by atoms with van der Waals surface area (Å²) in [4.78, 5) is 17.5. The van der Waals surface area contributed by atoms with E-state index in [1.54, 1.807) is 0 Å². The van der Waals surface area contributed by atoms with Gasteiger partial charge in [-0.15, -0.1) is 0 Å². The number of amides is 1. The average Bonchev–Trinajstić information content (AvgIpc) is 2.80. The van der Waals surface area contributed by atoms with E-state index in [-0.39, 0.29) is 11.8 Å². The maximum absolute atomic E-state index is 13.0. The number of ether oxygens (including phenoxy) is 1. The van der Waals surface area contributed by atoms with E-state index in [0.717, 1.165) is 50.3 Å². The van der Waals surface area contributed by atoms with Crippen LogP contribution in [0.15, 0.2) is 24.3 Å². The lowest BCUT2D eigenvalue weighted by Gasteiger charge is -2.30. The molecule has 1 amide bonds. The molecule has 22 heavy (non-hydrogen) atoms. The van der Waals surface area contributed by atoms with Crippen molar-refractivity contribution in [1.82, 2.24) is 9.80 Å². The highest BCUT2D eigenvalue weighted by Gasteiger charge is 2.31. The predicted molar refractivity (Wildman–Crippen MR) is 87.2 cm³/mol. The van der Waals surface area contributed by atoms with Gasteiger partial charge in [-0.3, -0.25) is 9.69 Å². The molecule has 0 aromatic heterocycles. The Bertz CT molecular complexity index is 530. The third kappa shape index (κ3) is 3.12. The molecule has 1 saturated heterocycles. The summed E-state index contributed by atoms with van der Waals surface area (Å²) in [7, 11) is 0. The molecule has 2 heterocycles. The Morgan fingerprint density at radius 1 is 1.18 bits per heavy atom. The van der Waals surface area contributed by atoms with Crippen molar-refractivity contribution in [1.29, 1.82) is 0 Å². The molecular formula is C18H26N2O2. The Labute approximate surface area is 133 Å². The predicted octanol–water partition coefficient (Wildman–Crippen LogP) is 2.50. The molecule has 0 bridgehead atoms. The van der Waals surface area contributed by atoms with Crippen LogP contribution in [0.5, 0.6) is 5.75 Å². The number of nitrogens with zero attached hydrogens (tertiary/aromatic N) is 2. The highest BCUT2D eigenvalue weighted by atomic mass is 16.5. The first-order valence-electron chi connectivity index (χ1n) is 8.41. The molecule has 0 N–H and O–H groups in total. The average molecular weight is 302 g/mol. The van der Waals surface area contributed by atoms with Crippen LogP contribution in [-0.2, 0) is 4.79 Å². The van der Waals surface area contributed by atoms with Gasteiger partial charge in [0, 0.05) is 37.8 Å². The van der Waals surface area contributed by atoms with Crippen molar-refractivity contribution in [3.63, 3.8) is 0 Å². The summed E-state index contributed by atoms with van der Waals surface area (Å²) in [6.07, 6.45) is 1.86. The Kier molecular flexibility index (Phi) is 4.67. The van der Waals surface area contributed by atoms with Gasteiger partial charge < -0.3 is 9.64 Å². The zero-order valence-electron chi connectivity index (χ0n) is 13.6. The smallest absolute Gasteiger partial charge is 0.230 e. The van der Waals surface area contributed by atoms with E-state index in [1.807, 2.05) is 24.3 Å². The summed E-state index contributed by atoms with van der Waals surface area (Å²) in [5.74, 6) is 1.13. The van der Waals surface area contributed by atoms with Crippen LogP contribution >= 0.6 is 0 Å². The summed E-state index contributed by atoms with van der Waals surface area (Å²) in [6, 6.07) is 8.53. The monoisotopic (exact) mass is 302 g/mol. The molecule has 3 rings (SSSR count). The Morgan fingerprint density at radius 3 is 2.82 bits per heavy atom. The summed E-state index contributed by atoms with van der Waals surface area (Å²) in [5.41, 5.74) is 1.06. The van der Waals surface area contributed by atoms with Crippen LogP contribution in [0.4, 0.5) is 0 Å². The number of rotatable bonds is 2. The molecule has 0 spiro atoms. The Morgan fingerprint density at radius 2 is 2.00 bits per heavy atom. The van der Waals surface area contributed by atoms with Gasteiger partial charge in [-0.25, -0.2) is 0 Å². The first-order chi connectivity index (χ1) is 10.7. The lowest BCUT2D eigenvalue weighted by Crippen LogP contribution is -2.40. The zero-order chi connectivity index (χ0) is 15.5. The SMILES string of the molecule is CC(C)N1CCCN(C(=O)[C@@H]2CCOc3ccccc32)CC1. The van der Waals surface area contributed by atoms with E-state index in [0.29, 0.717) is 12.6 Å². The molecule has 1 atom stereocenters. The summed E-state index contributed by atoms with van der Waals surface area (Å²) < 4.78 is 5.69. The molecule has 4 nitrogen and oxygen atoms in total. The van der Waals surface area contributed by atoms with Crippen LogP contribution in [0.1, 0.15) is 38.2 Å². The second-order valence-corrected chi connectivity index (χ2v) is 6.54. The summed E-state index contributed by atoms with van der Waals surface area (Å²) >= 11 is 0. The van der Waals surface area contributed by atoms with Crippen LogP contribution in [0.25, 0.3) is 0 Å². The molecule has 120 valence electrons. The number of hydrogen-bond donors (Lipinski definition) is 0. The number of carbonyl (C=O) groups excluding carboxylic acids is 1. The minimum Gasteiger partial charge on any atom is -0.493 e. The van der Waals surface area contributed by atoms with Crippen LogP contribution in [-0.4, -0.2) is 54.5 Å². The lowest BCUT2D eigenvalue weighted by molar-refractivity contribution is -0.133. The maximum Gasteiger partial charge on any atom is 0.230 e. The van der Waals surface area contributed by atoms with Crippen LogP contribution in [0.2, 0.25) is 0 Å². The standard InChI is InChI=1S/C18H26N2O2/c1-14(2)19-9-5-10-20(12-11-19)18(21)16-8-13-22-17-7-4-3-6-15(16)17/h3-4,6-7,14,16H,5,8-13H2,1-2H3/t16-/m1/s1. The number of carbonyl (C=O) groups is 1. The van der Waals surface area contributed by atoms with Crippen molar-refractivity contribution in [2.45, 2.75) is 38.6 Å². The molecule has 0 radical (unpaired) electrons. The van der Waals surface area contributed by atoms with E-state index >= 15 is 0 Å². The molecule has 1 fully saturated rings.